The lowest BCUT2D eigenvalue weighted by molar-refractivity contribution is -0.138. The predicted molar refractivity (Wildman–Crippen MR) is 136 cm³/mol. The topological polar surface area (TPSA) is 103 Å². The number of benzene rings is 1. The Labute approximate surface area is 230 Å². The number of alkyl halides is 5. The number of nitrogens with zero attached hydrogens (tertiary/aromatic N) is 4. The highest BCUT2D eigenvalue weighted by molar-refractivity contribution is 5.63. The summed E-state index contributed by atoms with van der Waals surface area (Å²) in [4.78, 5) is 17.3. The smallest absolute Gasteiger partial charge is 0.395 e. The van der Waals surface area contributed by atoms with Crippen LogP contribution in [0.25, 0.3) is 5.70 Å². The molecule has 2 heterocycles. The Morgan fingerprint density at radius 3 is 2.24 bits per heavy atom. The van der Waals surface area contributed by atoms with Gasteiger partial charge in [0.1, 0.15) is 23.0 Å². The van der Waals surface area contributed by atoms with E-state index in [0.717, 1.165) is 37.5 Å². The summed E-state index contributed by atoms with van der Waals surface area (Å²) < 4.78 is 97.8. The monoisotopic (exact) mass is 584 g/mol. The Bertz CT molecular complexity index is 1460. The van der Waals surface area contributed by atoms with Crippen molar-refractivity contribution in [3.05, 3.63) is 98.4 Å². The van der Waals surface area contributed by atoms with E-state index in [1.165, 1.54) is 12.1 Å². The normalized spacial score (nSPS) is 18.4. The molecule has 1 aliphatic carbocycles. The predicted octanol–water partition coefficient (Wildman–Crippen LogP) is 5.12. The van der Waals surface area contributed by atoms with Gasteiger partial charge in [0.05, 0.1) is 23.5 Å². The van der Waals surface area contributed by atoms with Crippen molar-refractivity contribution in [2.45, 2.75) is 56.7 Å². The molecule has 4 rings (SSSR count). The minimum Gasteiger partial charge on any atom is -0.395 e. The van der Waals surface area contributed by atoms with Gasteiger partial charge in [-0.05, 0) is 67.9 Å². The van der Waals surface area contributed by atoms with Crippen LogP contribution in [0.4, 0.5) is 30.7 Å². The number of pyridine rings is 1. The zero-order valence-electron chi connectivity index (χ0n) is 21.8. The van der Waals surface area contributed by atoms with Gasteiger partial charge in [0.2, 0.25) is 0 Å². The van der Waals surface area contributed by atoms with Crippen molar-refractivity contribution in [1.82, 2.24) is 19.8 Å². The first kappa shape index (κ1) is 30.0. The molecule has 14 heteroatoms. The van der Waals surface area contributed by atoms with E-state index in [2.05, 4.69) is 10.1 Å². The number of rotatable bonds is 7. The quantitative estimate of drug-likeness (QED) is 0.227. The Kier molecular flexibility index (Phi) is 8.71. The van der Waals surface area contributed by atoms with Crippen molar-refractivity contribution in [1.29, 1.82) is 0 Å². The average molecular weight is 585 g/mol. The number of aromatic nitrogens is 3. The third kappa shape index (κ3) is 6.37. The second kappa shape index (κ2) is 11.9. The van der Waals surface area contributed by atoms with Crippen LogP contribution in [0.3, 0.4) is 0 Å². The highest BCUT2D eigenvalue weighted by Crippen LogP contribution is 2.41. The second-order valence-electron chi connectivity index (χ2n) is 9.84. The molecule has 220 valence electrons. The Morgan fingerprint density at radius 2 is 1.68 bits per heavy atom. The molecule has 1 aliphatic rings. The highest BCUT2D eigenvalue weighted by Gasteiger charge is 2.35. The molecule has 41 heavy (non-hydrogen) atoms. The van der Waals surface area contributed by atoms with Gasteiger partial charge in [0.15, 0.2) is 0 Å². The van der Waals surface area contributed by atoms with Gasteiger partial charge in [-0.2, -0.15) is 18.3 Å². The van der Waals surface area contributed by atoms with E-state index in [9.17, 15) is 35.5 Å². The fourth-order valence-electron chi connectivity index (χ4n) is 5.24. The zero-order valence-corrected chi connectivity index (χ0v) is 21.8. The van der Waals surface area contributed by atoms with Gasteiger partial charge in [0.25, 0.3) is 12.0 Å². The van der Waals surface area contributed by atoms with E-state index < -0.39 is 70.8 Å². The molecule has 3 aromatic rings. The lowest BCUT2D eigenvalue weighted by atomic mass is 9.76. The third-order valence-corrected chi connectivity index (χ3v) is 7.21. The molecule has 0 saturated heterocycles. The van der Waals surface area contributed by atoms with Crippen LogP contribution in [-0.4, -0.2) is 33.2 Å². The van der Waals surface area contributed by atoms with Gasteiger partial charge >= 0.3 is 6.18 Å². The van der Waals surface area contributed by atoms with Crippen molar-refractivity contribution in [2.24, 2.45) is 11.6 Å². The van der Waals surface area contributed by atoms with E-state index >= 15 is 0 Å². The summed E-state index contributed by atoms with van der Waals surface area (Å²) in [5.41, 5.74) is 2.00. The van der Waals surface area contributed by atoms with Gasteiger partial charge < -0.3 is 10.7 Å². The minimum atomic E-state index is -4.78. The van der Waals surface area contributed by atoms with Crippen molar-refractivity contribution < 1.29 is 30.7 Å². The van der Waals surface area contributed by atoms with Crippen LogP contribution < -0.4 is 17.1 Å². The Hall–Kier alpha value is -3.94. The molecular weight excluding hydrogens is 557 g/mol. The van der Waals surface area contributed by atoms with Crippen molar-refractivity contribution in [3.8, 4) is 0 Å². The van der Waals surface area contributed by atoms with Crippen LogP contribution in [-0.2, 0) is 12.7 Å². The SMILES string of the molecule is CN(N)/C(=C(\N)c1cc(C2CCC(c3c(F)cccc3F)CC2)c(=O)n(Cc2ncccc2C(F)(F)F)n1)C(F)F. The minimum absolute atomic E-state index is 0.0478. The zero-order chi connectivity index (χ0) is 30.1. The largest absolute Gasteiger partial charge is 0.418 e. The maximum atomic E-state index is 14.4. The Morgan fingerprint density at radius 1 is 1.07 bits per heavy atom. The standard InChI is InChI=1S/C27H27F7N6O/c1-39(36)24(25(30)31)23(35)20-12-16(14-7-9-15(10-8-14)22-18(28)5-2-6-19(22)29)26(41)40(38-20)13-21-17(27(32,33)34)4-3-11-37-21/h2-6,11-12,14-15,25H,7-10,13,35-36H2,1H3/b24-23-. The molecule has 0 aliphatic heterocycles. The van der Waals surface area contributed by atoms with Gasteiger partial charge in [-0.1, -0.05) is 6.07 Å². The van der Waals surface area contributed by atoms with Crippen molar-refractivity contribution in [2.75, 3.05) is 7.05 Å². The maximum Gasteiger partial charge on any atom is 0.418 e. The number of hydrogen-bond acceptors (Lipinski definition) is 6. The molecule has 0 spiro atoms. The second-order valence-corrected chi connectivity index (χ2v) is 9.84. The van der Waals surface area contributed by atoms with Crippen molar-refractivity contribution >= 4 is 5.70 Å². The molecule has 4 N–H and O–H groups in total. The first-order valence-corrected chi connectivity index (χ1v) is 12.6. The first-order valence-electron chi connectivity index (χ1n) is 12.6. The van der Waals surface area contributed by atoms with Crippen LogP contribution in [0.2, 0.25) is 0 Å². The van der Waals surface area contributed by atoms with E-state index in [0.29, 0.717) is 22.5 Å². The van der Waals surface area contributed by atoms with Crippen LogP contribution in [0, 0.1) is 11.6 Å². The summed E-state index contributed by atoms with van der Waals surface area (Å²) in [6, 6.07) is 6.70. The summed E-state index contributed by atoms with van der Waals surface area (Å²) in [7, 11) is 1.12. The van der Waals surface area contributed by atoms with Gasteiger partial charge in [0, 0.05) is 24.4 Å². The fraction of sp³-hybridized carbons (Fsp3) is 0.370. The molecular formula is C27H27F7N6O. The number of nitrogens with two attached hydrogens (primary N) is 2. The number of allylic oxidation sites excluding steroid dienone is 1. The maximum absolute atomic E-state index is 14.4. The average Bonchev–Trinajstić information content (AvgIpc) is 2.89. The molecule has 1 fully saturated rings. The molecule has 1 saturated carbocycles. The van der Waals surface area contributed by atoms with Gasteiger partial charge in [-0.15, -0.1) is 0 Å². The molecule has 0 radical (unpaired) electrons. The molecule has 7 nitrogen and oxygen atoms in total. The molecule has 0 atom stereocenters. The van der Waals surface area contributed by atoms with Crippen LogP contribution >= 0.6 is 0 Å². The molecule has 1 aromatic carbocycles. The highest BCUT2D eigenvalue weighted by atomic mass is 19.4. The summed E-state index contributed by atoms with van der Waals surface area (Å²) in [6.45, 7) is -0.721. The van der Waals surface area contributed by atoms with E-state index in [-0.39, 0.29) is 29.7 Å². The van der Waals surface area contributed by atoms with E-state index in [4.69, 9.17) is 11.6 Å². The summed E-state index contributed by atoms with van der Waals surface area (Å²) >= 11 is 0. The molecule has 0 unspecified atom stereocenters. The van der Waals surface area contributed by atoms with Crippen LogP contribution in [0.15, 0.2) is 53.1 Å². The third-order valence-electron chi connectivity index (χ3n) is 7.21. The van der Waals surface area contributed by atoms with Crippen LogP contribution in [0.5, 0.6) is 0 Å². The Balaban J connectivity index is 1.78. The molecule has 2 aromatic heterocycles. The van der Waals surface area contributed by atoms with Crippen LogP contribution in [0.1, 0.15) is 65.6 Å². The van der Waals surface area contributed by atoms with Gasteiger partial charge in [-0.25, -0.2) is 28.1 Å². The molecule has 0 bridgehead atoms. The number of halogens is 7. The van der Waals surface area contributed by atoms with E-state index in [1.54, 1.807) is 0 Å². The summed E-state index contributed by atoms with van der Waals surface area (Å²) in [5, 5.41) is 4.61. The molecule has 0 amide bonds. The lowest BCUT2D eigenvalue weighted by Gasteiger charge is -2.29. The van der Waals surface area contributed by atoms with E-state index in [1.807, 2.05) is 0 Å². The number of hydrogen-bond donors (Lipinski definition) is 2. The summed E-state index contributed by atoms with van der Waals surface area (Å²) in [6.07, 6.45) is -5.61. The van der Waals surface area contributed by atoms with Crippen molar-refractivity contribution in [3.63, 3.8) is 0 Å². The summed E-state index contributed by atoms with van der Waals surface area (Å²) in [5.74, 6) is 3.21. The number of hydrazine groups is 1. The fourth-order valence-corrected chi connectivity index (χ4v) is 5.24. The van der Waals surface area contributed by atoms with Gasteiger partial charge in [-0.3, -0.25) is 9.78 Å². The first-order chi connectivity index (χ1) is 19.3. The lowest BCUT2D eigenvalue weighted by Crippen LogP contribution is -2.34.